The molecule has 0 aromatic rings. The molecule has 0 unspecified atom stereocenters. The fraction of sp³-hybridized carbons (Fsp3) is 0.818. The number of carboxylic acid groups (broad SMARTS) is 1. The Morgan fingerprint density at radius 3 is 1.86 bits per heavy atom. The van der Waals surface area contributed by atoms with Gasteiger partial charge in [0.15, 0.2) is 0 Å². The third-order valence-corrected chi connectivity index (χ3v) is 2.21. The largest absolute Gasteiger partial charge is 0.481 e. The number of hydrogen-bond acceptors (Lipinski definition) is 2. The van der Waals surface area contributed by atoms with E-state index in [9.17, 15) is 9.59 Å². The summed E-state index contributed by atoms with van der Waals surface area (Å²) in [5, 5.41) is 8.87. The highest BCUT2D eigenvalue weighted by Crippen LogP contribution is 2.17. The zero-order chi connectivity index (χ0) is 11.3. The molecule has 0 radical (unpaired) electrons. The van der Waals surface area contributed by atoms with E-state index in [0.29, 0.717) is 12.3 Å². The van der Waals surface area contributed by atoms with Crippen molar-refractivity contribution in [2.75, 3.05) is 0 Å². The molecule has 3 nitrogen and oxygen atoms in total. The first-order valence-electron chi connectivity index (χ1n) is 5.09. The van der Waals surface area contributed by atoms with Crippen molar-refractivity contribution in [1.82, 2.24) is 0 Å². The van der Waals surface area contributed by atoms with Crippen LogP contribution in [0.4, 0.5) is 0 Å². The fourth-order valence-electron chi connectivity index (χ4n) is 1.39. The molecule has 0 aliphatic carbocycles. The maximum Gasteiger partial charge on any atom is 0.307 e. The summed E-state index contributed by atoms with van der Waals surface area (Å²) in [7, 11) is 0. The van der Waals surface area contributed by atoms with Gasteiger partial charge >= 0.3 is 5.97 Å². The van der Waals surface area contributed by atoms with Crippen molar-refractivity contribution in [3.63, 3.8) is 0 Å². The maximum atomic E-state index is 11.4. The molecular weight excluding hydrogens is 180 g/mol. The van der Waals surface area contributed by atoms with Crippen LogP contribution >= 0.6 is 0 Å². The van der Waals surface area contributed by atoms with Crippen LogP contribution in [0, 0.1) is 17.8 Å². The molecule has 0 saturated carbocycles. The first-order valence-corrected chi connectivity index (χ1v) is 5.09. The number of carbonyl (C=O) groups excluding carboxylic acids is 1. The Labute approximate surface area is 85.5 Å². The molecule has 0 spiro atoms. The SMILES string of the molecule is CC(C)CC(=O)C[C@H](C(=O)O)C(C)C. The molecule has 82 valence electrons. The summed E-state index contributed by atoms with van der Waals surface area (Å²) in [6.45, 7) is 7.59. The van der Waals surface area contributed by atoms with Gasteiger partial charge in [0, 0.05) is 12.8 Å². The summed E-state index contributed by atoms with van der Waals surface area (Å²) in [6.07, 6.45) is 0.654. The molecule has 0 heterocycles. The minimum absolute atomic E-state index is 0.0172. The standard InChI is InChI=1S/C11H20O3/c1-7(2)5-9(12)6-10(8(3)4)11(13)14/h7-8,10H,5-6H2,1-4H3,(H,13,14)/t10-/m0/s1. The molecule has 0 aromatic heterocycles. The van der Waals surface area contributed by atoms with Crippen molar-refractivity contribution in [2.45, 2.75) is 40.5 Å². The van der Waals surface area contributed by atoms with Crippen LogP contribution in [-0.4, -0.2) is 16.9 Å². The van der Waals surface area contributed by atoms with Crippen molar-refractivity contribution < 1.29 is 14.7 Å². The van der Waals surface area contributed by atoms with Gasteiger partial charge in [0.1, 0.15) is 5.78 Å². The first-order chi connectivity index (χ1) is 6.34. The van der Waals surface area contributed by atoms with Gasteiger partial charge in [0.05, 0.1) is 5.92 Å². The number of ketones is 1. The molecule has 0 rings (SSSR count). The van der Waals surface area contributed by atoms with Gasteiger partial charge in [-0.1, -0.05) is 27.7 Å². The summed E-state index contributed by atoms with van der Waals surface area (Å²) in [6, 6.07) is 0. The summed E-state index contributed by atoms with van der Waals surface area (Å²) in [4.78, 5) is 22.2. The van der Waals surface area contributed by atoms with Gasteiger partial charge < -0.3 is 5.11 Å². The third kappa shape index (κ3) is 5.00. The van der Waals surface area contributed by atoms with Crippen LogP contribution < -0.4 is 0 Å². The van der Waals surface area contributed by atoms with E-state index in [0.717, 1.165) is 0 Å². The number of rotatable bonds is 6. The fourth-order valence-corrected chi connectivity index (χ4v) is 1.39. The Hall–Kier alpha value is -0.860. The van der Waals surface area contributed by atoms with E-state index in [2.05, 4.69) is 0 Å². The summed E-state index contributed by atoms with van der Waals surface area (Å²) < 4.78 is 0. The normalized spacial score (nSPS) is 13.3. The molecule has 1 atom stereocenters. The lowest BCUT2D eigenvalue weighted by atomic mass is 9.89. The Bertz CT molecular complexity index is 207. The van der Waals surface area contributed by atoms with Gasteiger partial charge in [-0.3, -0.25) is 9.59 Å². The van der Waals surface area contributed by atoms with Crippen molar-refractivity contribution in [2.24, 2.45) is 17.8 Å². The van der Waals surface area contributed by atoms with E-state index in [4.69, 9.17) is 5.11 Å². The van der Waals surface area contributed by atoms with E-state index in [1.165, 1.54) is 0 Å². The predicted octanol–water partition coefficient (Wildman–Crippen LogP) is 2.35. The number of carboxylic acids is 1. The highest BCUT2D eigenvalue weighted by atomic mass is 16.4. The molecule has 0 bridgehead atoms. The van der Waals surface area contributed by atoms with Gasteiger partial charge in [0.2, 0.25) is 0 Å². The molecule has 0 fully saturated rings. The van der Waals surface area contributed by atoms with Gasteiger partial charge in [-0.2, -0.15) is 0 Å². The van der Waals surface area contributed by atoms with Crippen LogP contribution in [0.15, 0.2) is 0 Å². The number of Topliss-reactive ketones (excluding diaryl/α,β-unsaturated/α-hetero) is 1. The second-order valence-corrected chi connectivity index (χ2v) is 4.53. The van der Waals surface area contributed by atoms with E-state index in [1.807, 2.05) is 27.7 Å². The van der Waals surface area contributed by atoms with E-state index < -0.39 is 11.9 Å². The van der Waals surface area contributed by atoms with Crippen LogP contribution in [0.5, 0.6) is 0 Å². The van der Waals surface area contributed by atoms with E-state index in [-0.39, 0.29) is 18.1 Å². The molecule has 0 aliphatic rings. The van der Waals surface area contributed by atoms with Gasteiger partial charge in [0.25, 0.3) is 0 Å². The number of carbonyl (C=O) groups is 2. The lowest BCUT2D eigenvalue weighted by molar-refractivity contribution is -0.145. The Morgan fingerprint density at radius 2 is 1.57 bits per heavy atom. The quantitative estimate of drug-likeness (QED) is 0.716. The molecule has 3 heteroatoms. The minimum atomic E-state index is -0.864. The monoisotopic (exact) mass is 200 g/mol. The zero-order valence-corrected chi connectivity index (χ0v) is 9.41. The topological polar surface area (TPSA) is 54.4 Å². The average Bonchev–Trinajstić information content (AvgIpc) is 1.97. The molecule has 0 amide bonds. The lowest BCUT2D eigenvalue weighted by Gasteiger charge is -2.15. The second kappa shape index (κ2) is 5.78. The highest BCUT2D eigenvalue weighted by molar-refractivity contribution is 5.84. The van der Waals surface area contributed by atoms with Crippen molar-refractivity contribution in [3.8, 4) is 0 Å². The Morgan fingerprint density at radius 1 is 1.07 bits per heavy atom. The molecule has 0 aliphatic heterocycles. The summed E-state index contributed by atoms with van der Waals surface area (Å²) in [5.74, 6) is -1.01. The van der Waals surface area contributed by atoms with Crippen LogP contribution in [0.2, 0.25) is 0 Å². The Balaban J connectivity index is 4.17. The van der Waals surface area contributed by atoms with Gasteiger partial charge in [-0.15, -0.1) is 0 Å². The Kier molecular flexibility index (Phi) is 5.43. The average molecular weight is 200 g/mol. The maximum absolute atomic E-state index is 11.4. The van der Waals surface area contributed by atoms with E-state index in [1.54, 1.807) is 0 Å². The van der Waals surface area contributed by atoms with Crippen LogP contribution in [0.3, 0.4) is 0 Å². The molecular formula is C11H20O3. The van der Waals surface area contributed by atoms with Crippen LogP contribution in [-0.2, 0) is 9.59 Å². The lowest BCUT2D eigenvalue weighted by Crippen LogP contribution is -2.23. The molecule has 0 aromatic carbocycles. The number of aliphatic carboxylic acids is 1. The van der Waals surface area contributed by atoms with Gasteiger partial charge in [-0.05, 0) is 11.8 Å². The van der Waals surface area contributed by atoms with E-state index >= 15 is 0 Å². The number of hydrogen-bond donors (Lipinski definition) is 1. The second-order valence-electron chi connectivity index (χ2n) is 4.53. The first kappa shape index (κ1) is 13.1. The highest BCUT2D eigenvalue weighted by Gasteiger charge is 2.24. The molecule has 14 heavy (non-hydrogen) atoms. The minimum Gasteiger partial charge on any atom is -0.481 e. The zero-order valence-electron chi connectivity index (χ0n) is 9.41. The smallest absolute Gasteiger partial charge is 0.307 e. The third-order valence-electron chi connectivity index (χ3n) is 2.21. The van der Waals surface area contributed by atoms with Crippen molar-refractivity contribution in [1.29, 1.82) is 0 Å². The van der Waals surface area contributed by atoms with Crippen LogP contribution in [0.1, 0.15) is 40.5 Å². The molecule has 0 saturated heterocycles. The summed E-state index contributed by atoms with van der Waals surface area (Å²) in [5.41, 5.74) is 0. The predicted molar refractivity (Wildman–Crippen MR) is 55.0 cm³/mol. The van der Waals surface area contributed by atoms with Gasteiger partial charge in [-0.25, -0.2) is 0 Å². The summed E-state index contributed by atoms with van der Waals surface area (Å²) >= 11 is 0. The molecule has 1 N–H and O–H groups in total. The van der Waals surface area contributed by atoms with Crippen molar-refractivity contribution >= 4 is 11.8 Å². The van der Waals surface area contributed by atoms with Crippen LogP contribution in [0.25, 0.3) is 0 Å². The van der Waals surface area contributed by atoms with Crippen molar-refractivity contribution in [3.05, 3.63) is 0 Å².